The van der Waals surface area contributed by atoms with Gasteiger partial charge in [0.1, 0.15) is 28.2 Å². The number of rotatable bonds is 6. The van der Waals surface area contributed by atoms with Gasteiger partial charge in [-0.2, -0.15) is 5.26 Å². The molecule has 0 saturated heterocycles. The Morgan fingerprint density at radius 2 is 2.00 bits per heavy atom. The molecule has 0 unspecified atom stereocenters. The molecule has 1 aromatic heterocycles. The summed E-state index contributed by atoms with van der Waals surface area (Å²) in [6.07, 6.45) is 1.23. The first-order chi connectivity index (χ1) is 13.9. The van der Waals surface area contributed by atoms with E-state index in [2.05, 4.69) is 10.3 Å². The number of nitro benzene ring substituents is 2. The van der Waals surface area contributed by atoms with E-state index in [-0.39, 0.29) is 16.9 Å². The van der Waals surface area contributed by atoms with Crippen LogP contribution < -0.4 is 5.32 Å². The van der Waals surface area contributed by atoms with Crippen LogP contribution in [0.2, 0.25) is 0 Å². The average Bonchev–Trinajstić information content (AvgIpc) is 3.19. The minimum Gasteiger partial charge on any atom is -0.355 e. The lowest BCUT2D eigenvalue weighted by Crippen LogP contribution is -1.97. The maximum absolute atomic E-state index is 13.2. The van der Waals surface area contributed by atoms with Crippen LogP contribution in [0.3, 0.4) is 0 Å². The van der Waals surface area contributed by atoms with Crippen molar-refractivity contribution in [1.82, 2.24) is 4.98 Å². The third-order valence-corrected chi connectivity index (χ3v) is 4.61. The number of aromatic nitrogens is 1. The molecule has 0 atom stereocenters. The molecule has 1 N–H and O–H groups in total. The molecular weight excluding hydrogens is 401 g/mol. The van der Waals surface area contributed by atoms with Gasteiger partial charge in [-0.15, -0.1) is 11.3 Å². The smallest absolute Gasteiger partial charge is 0.295 e. The van der Waals surface area contributed by atoms with E-state index in [1.165, 1.54) is 30.5 Å². The Morgan fingerprint density at radius 3 is 2.69 bits per heavy atom. The summed E-state index contributed by atoms with van der Waals surface area (Å²) in [5, 5.41) is 35.9. The summed E-state index contributed by atoms with van der Waals surface area (Å²) in [7, 11) is 0. The SMILES string of the molecule is N#C/C(=C\Nc1ccc(F)cc1[N+](=O)[O-])c1nc(-c2cccc([N+](=O)[O-])c2)cs1. The van der Waals surface area contributed by atoms with Crippen LogP contribution >= 0.6 is 11.3 Å². The second-order valence-corrected chi connectivity index (χ2v) is 6.44. The van der Waals surface area contributed by atoms with Crippen molar-refractivity contribution in [2.75, 3.05) is 5.32 Å². The third kappa shape index (κ3) is 4.40. The molecule has 2 aromatic carbocycles. The molecule has 0 spiro atoms. The van der Waals surface area contributed by atoms with Gasteiger partial charge in [-0.25, -0.2) is 9.37 Å². The van der Waals surface area contributed by atoms with Crippen molar-refractivity contribution in [1.29, 1.82) is 5.26 Å². The van der Waals surface area contributed by atoms with Crippen LogP contribution in [0.1, 0.15) is 5.01 Å². The topological polar surface area (TPSA) is 135 Å². The predicted molar refractivity (Wildman–Crippen MR) is 104 cm³/mol. The van der Waals surface area contributed by atoms with Crippen LogP contribution in [0.4, 0.5) is 21.5 Å². The van der Waals surface area contributed by atoms with E-state index < -0.39 is 21.4 Å². The van der Waals surface area contributed by atoms with Crippen molar-refractivity contribution >= 4 is 34.0 Å². The molecular formula is C18H10FN5O4S. The molecule has 0 aliphatic heterocycles. The van der Waals surface area contributed by atoms with Gasteiger partial charge in [-0.1, -0.05) is 12.1 Å². The first kappa shape index (κ1) is 19.6. The molecule has 11 heteroatoms. The first-order valence-corrected chi connectivity index (χ1v) is 8.78. The Balaban J connectivity index is 1.89. The Morgan fingerprint density at radius 1 is 1.21 bits per heavy atom. The van der Waals surface area contributed by atoms with Crippen LogP contribution in [0.5, 0.6) is 0 Å². The third-order valence-electron chi connectivity index (χ3n) is 3.74. The quantitative estimate of drug-likeness (QED) is 0.351. The predicted octanol–water partition coefficient (Wildman–Crippen LogP) is 4.74. The highest BCUT2D eigenvalue weighted by molar-refractivity contribution is 7.11. The Bertz CT molecular complexity index is 1180. The van der Waals surface area contributed by atoms with E-state index in [1.807, 2.05) is 6.07 Å². The summed E-state index contributed by atoms with van der Waals surface area (Å²) in [6, 6.07) is 10.9. The van der Waals surface area contributed by atoms with Crippen LogP contribution in [0, 0.1) is 37.4 Å². The largest absolute Gasteiger partial charge is 0.355 e. The molecule has 3 aromatic rings. The van der Waals surface area contributed by atoms with Gasteiger partial charge in [-0.05, 0) is 12.1 Å². The van der Waals surface area contributed by atoms with Gasteiger partial charge in [-0.3, -0.25) is 20.2 Å². The number of hydrogen-bond acceptors (Lipinski definition) is 8. The highest BCUT2D eigenvalue weighted by Crippen LogP contribution is 2.29. The number of nitro groups is 2. The number of hydrogen-bond donors (Lipinski definition) is 1. The molecule has 0 amide bonds. The zero-order valence-electron chi connectivity index (χ0n) is 14.4. The lowest BCUT2D eigenvalue weighted by atomic mass is 10.1. The maximum Gasteiger partial charge on any atom is 0.295 e. The summed E-state index contributed by atoms with van der Waals surface area (Å²) in [5.41, 5.74) is 0.502. The van der Waals surface area contributed by atoms with Crippen molar-refractivity contribution in [3.8, 4) is 17.3 Å². The average molecular weight is 411 g/mol. The fourth-order valence-corrected chi connectivity index (χ4v) is 3.17. The van der Waals surface area contributed by atoms with Gasteiger partial charge in [0.25, 0.3) is 11.4 Å². The van der Waals surface area contributed by atoms with Crippen molar-refractivity contribution < 1.29 is 14.2 Å². The molecule has 9 nitrogen and oxygen atoms in total. The number of thiazole rings is 1. The molecule has 0 aliphatic carbocycles. The van der Waals surface area contributed by atoms with E-state index in [1.54, 1.807) is 11.4 Å². The molecule has 144 valence electrons. The molecule has 0 aliphatic rings. The van der Waals surface area contributed by atoms with E-state index in [0.29, 0.717) is 16.3 Å². The summed E-state index contributed by atoms with van der Waals surface area (Å²) in [6.45, 7) is 0. The van der Waals surface area contributed by atoms with Gasteiger partial charge >= 0.3 is 0 Å². The van der Waals surface area contributed by atoms with Crippen molar-refractivity contribution in [2.24, 2.45) is 0 Å². The van der Waals surface area contributed by atoms with Gasteiger partial charge in [0.15, 0.2) is 0 Å². The van der Waals surface area contributed by atoms with E-state index in [9.17, 15) is 29.9 Å². The minimum absolute atomic E-state index is 0.0135. The van der Waals surface area contributed by atoms with E-state index in [0.717, 1.165) is 23.5 Å². The number of halogens is 1. The molecule has 0 bridgehead atoms. The number of nitrogens with zero attached hydrogens (tertiary/aromatic N) is 4. The van der Waals surface area contributed by atoms with Crippen molar-refractivity contribution in [3.63, 3.8) is 0 Å². The number of nitriles is 1. The molecule has 29 heavy (non-hydrogen) atoms. The number of allylic oxidation sites excluding steroid dienone is 1. The van der Waals surface area contributed by atoms with Gasteiger partial charge in [0.2, 0.25) is 0 Å². The van der Waals surface area contributed by atoms with Crippen molar-refractivity contribution in [2.45, 2.75) is 0 Å². The Labute approximate surface area is 166 Å². The van der Waals surface area contributed by atoms with Crippen LogP contribution in [-0.2, 0) is 0 Å². The normalized spacial score (nSPS) is 11.0. The first-order valence-electron chi connectivity index (χ1n) is 7.90. The standard InChI is InChI=1S/C18H10FN5O4S/c19-13-4-5-15(17(7-13)24(27)28)21-9-12(8-20)18-22-16(10-29-18)11-2-1-3-14(6-11)23(25)26/h1-7,9-10,21H/b12-9+. The molecule has 0 saturated carbocycles. The Hall–Kier alpha value is -4.17. The van der Waals surface area contributed by atoms with Crippen LogP contribution in [0.25, 0.3) is 16.8 Å². The molecule has 0 fully saturated rings. The zero-order valence-corrected chi connectivity index (χ0v) is 15.2. The maximum atomic E-state index is 13.2. The van der Waals surface area contributed by atoms with Crippen molar-refractivity contribution in [3.05, 3.63) is 85.1 Å². The van der Waals surface area contributed by atoms with Crippen LogP contribution in [0.15, 0.2) is 54.0 Å². The fraction of sp³-hybridized carbons (Fsp3) is 0. The minimum atomic E-state index is -0.756. The lowest BCUT2D eigenvalue weighted by molar-refractivity contribution is -0.384. The summed E-state index contributed by atoms with van der Waals surface area (Å²) in [5.74, 6) is -0.756. The molecule has 0 radical (unpaired) electrons. The summed E-state index contributed by atoms with van der Waals surface area (Å²) < 4.78 is 13.2. The van der Waals surface area contributed by atoms with Crippen LogP contribution in [-0.4, -0.2) is 14.8 Å². The monoisotopic (exact) mass is 411 g/mol. The van der Waals surface area contributed by atoms with Gasteiger partial charge in [0, 0.05) is 29.3 Å². The molecule has 3 rings (SSSR count). The summed E-state index contributed by atoms with van der Waals surface area (Å²) in [4.78, 5) is 25.0. The second kappa shape index (κ2) is 8.24. The highest BCUT2D eigenvalue weighted by atomic mass is 32.1. The summed E-state index contributed by atoms with van der Waals surface area (Å²) >= 11 is 1.13. The fourth-order valence-electron chi connectivity index (χ4n) is 2.38. The highest BCUT2D eigenvalue weighted by Gasteiger charge is 2.16. The van der Waals surface area contributed by atoms with E-state index in [4.69, 9.17) is 0 Å². The second-order valence-electron chi connectivity index (χ2n) is 5.58. The van der Waals surface area contributed by atoms with E-state index >= 15 is 0 Å². The number of non-ortho nitro benzene ring substituents is 1. The number of nitrogens with one attached hydrogen (secondary N) is 1. The Kier molecular flexibility index (Phi) is 5.56. The zero-order chi connectivity index (χ0) is 21.0. The molecule has 1 heterocycles. The number of anilines is 1. The lowest BCUT2D eigenvalue weighted by Gasteiger charge is -2.03. The van der Waals surface area contributed by atoms with Gasteiger partial charge < -0.3 is 5.32 Å². The number of benzene rings is 2. The van der Waals surface area contributed by atoms with Gasteiger partial charge in [0.05, 0.1) is 21.6 Å².